The van der Waals surface area contributed by atoms with Crippen LogP contribution >= 0.6 is 15.9 Å². The third-order valence-corrected chi connectivity index (χ3v) is 4.21. The van der Waals surface area contributed by atoms with Crippen molar-refractivity contribution in [2.24, 2.45) is 11.8 Å². The molecular weight excluding hydrogens is 322 g/mol. The second-order valence-electron chi connectivity index (χ2n) is 5.38. The molecule has 5 heteroatoms. The molecule has 4 nitrogen and oxygen atoms in total. The molecule has 108 valence electrons. The first-order valence-electron chi connectivity index (χ1n) is 6.61. The van der Waals surface area contributed by atoms with Crippen molar-refractivity contribution in [2.75, 3.05) is 7.11 Å². The minimum absolute atomic E-state index is 0.149. The van der Waals surface area contributed by atoms with Gasteiger partial charge in [0.15, 0.2) is 0 Å². The van der Waals surface area contributed by atoms with E-state index in [0.29, 0.717) is 12.2 Å². The van der Waals surface area contributed by atoms with Gasteiger partial charge in [-0.2, -0.15) is 0 Å². The van der Waals surface area contributed by atoms with Gasteiger partial charge in [-0.3, -0.25) is 14.9 Å². The fourth-order valence-electron chi connectivity index (χ4n) is 2.85. The number of rotatable bonds is 3. The van der Waals surface area contributed by atoms with Crippen LogP contribution in [0.2, 0.25) is 0 Å². The van der Waals surface area contributed by atoms with Gasteiger partial charge in [-0.05, 0) is 29.7 Å². The molecule has 0 radical (unpaired) electrons. The van der Waals surface area contributed by atoms with Crippen LogP contribution in [0.15, 0.2) is 22.7 Å². The Balaban J connectivity index is 2.49. The van der Waals surface area contributed by atoms with E-state index in [0.717, 1.165) is 10.0 Å². The highest BCUT2D eigenvalue weighted by Gasteiger charge is 2.39. The van der Waals surface area contributed by atoms with Gasteiger partial charge in [0.05, 0.1) is 7.11 Å². The first-order chi connectivity index (χ1) is 9.43. The van der Waals surface area contributed by atoms with Crippen LogP contribution < -0.4 is 10.1 Å². The predicted octanol–water partition coefficient (Wildman–Crippen LogP) is 2.86. The summed E-state index contributed by atoms with van der Waals surface area (Å²) in [4.78, 5) is 23.9. The Morgan fingerprint density at radius 2 is 2.05 bits per heavy atom. The van der Waals surface area contributed by atoms with Crippen molar-refractivity contribution in [3.05, 3.63) is 28.2 Å². The van der Waals surface area contributed by atoms with E-state index >= 15 is 0 Å². The molecule has 20 heavy (non-hydrogen) atoms. The van der Waals surface area contributed by atoms with Gasteiger partial charge in [-0.15, -0.1) is 0 Å². The molecule has 1 aromatic rings. The zero-order chi connectivity index (χ0) is 14.9. The second-order valence-corrected chi connectivity index (χ2v) is 6.29. The van der Waals surface area contributed by atoms with Gasteiger partial charge < -0.3 is 4.74 Å². The summed E-state index contributed by atoms with van der Waals surface area (Å²) in [5.74, 6) is 0.0740. The van der Waals surface area contributed by atoms with Crippen LogP contribution in [-0.2, 0) is 9.59 Å². The maximum atomic E-state index is 12.1. The van der Waals surface area contributed by atoms with Crippen molar-refractivity contribution < 1.29 is 14.3 Å². The Morgan fingerprint density at radius 1 is 1.35 bits per heavy atom. The van der Waals surface area contributed by atoms with E-state index in [4.69, 9.17) is 4.74 Å². The fourth-order valence-corrected chi connectivity index (χ4v) is 3.23. The van der Waals surface area contributed by atoms with Crippen LogP contribution in [-0.4, -0.2) is 18.9 Å². The number of amides is 2. The maximum Gasteiger partial charge on any atom is 0.230 e. The molecule has 2 unspecified atom stereocenters. The van der Waals surface area contributed by atoms with E-state index < -0.39 is 0 Å². The molecule has 0 saturated carbocycles. The van der Waals surface area contributed by atoms with Crippen molar-refractivity contribution in [2.45, 2.75) is 26.2 Å². The Kier molecular flexibility index (Phi) is 4.48. The molecular formula is C15H18BrNO3. The number of carbonyl (C=O) groups excluding carboxylic acids is 2. The number of methoxy groups -OCH3 is 1. The number of benzene rings is 1. The van der Waals surface area contributed by atoms with Gasteiger partial charge >= 0.3 is 0 Å². The molecule has 2 rings (SSSR count). The summed E-state index contributed by atoms with van der Waals surface area (Å²) in [5, 5.41) is 2.43. The monoisotopic (exact) mass is 339 g/mol. The Morgan fingerprint density at radius 3 is 2.65 bits per heavy atom. The summed E-state index contributed by atoms with van der Waals surface area (Å²) in [6.45, 7) is 4.00. The highest BCUT2D eigenvalue weighted by Crippen LogP contribution is 2.41. The molecule has 0 spiro atoms. The second kappa shape index (κ2) is 5.95. The first-order valence-corrected chi connectivity index (χ1v) is 7.40. The third-order valence-electron chi connectivity index (χ3n) is 3.71. The summed E-state index contributed by atoms with van der Waals surface area (Å²) in [5.41, 5.74) is 0.906. The smallest absolute Gasteiger partial charge is 0.230 e. The molecule has 1 saturated heterocycles. The maximum absolute atomic E-state index is 12.1. The van der Waals surface area contributed by atoms with Crippen LogP contribution in [0.3, 0.4) is 0 Å². The topological polar surface area (TPSA) is 55.4 Å². The van der Waals surface area contributed by atoms with E-state index in [-0.39, 0.29) is 29.6 Å². The van der Waals surface area contributed by atoms with Crippen molar-refractivity contribution >= 4 is 27.7 Å². The Bertz CT molecular complexity index is 542. The predicted molar refractivity (Wildman–Crippen MR) is 79.5 cm³/mol. The van der Waals surface area contributed by atoms with Crippen molar-refractivity contribution in [3.8, 4) is 5.75 Å². The van der Waals surface area contributed by atoms with Crippen LogP contribution in [0.25, 0.3) is 0 Å². The molecule has 2 amide bonds. The lowest BCUT2D eigenvalue weighted by Crippen LogP contribution is -2.46. The average Bonchev–Trinajstić information content (AvgIpc) is 2.37. The van der Waals surface area contributed by atoms with Crippen LogP contribution in [0.4, 0.5) is 0 Å². The van der Waals surface area contributed by atoms with Crippen LogP contribution in [0, 0.1) is 11.8 Å². The molecule has 0 bridgehead atoms. The minimum atomic E-state index is -0.226. The van der Waals surface area contributed by atoms with Crippen molar-refractivity contribution in [1.29, 1.82) is 0 Å². The SMILES string of the molecule is COc1ccc(Br)cc1C1CC(=O)NC(=O)C1C(C)C. The van der Waals surface area contributed by atoms with E-state index in [2.05, 4.69) is 21.2 Å². The number of carbonyl (C=O) groups is 2. The van der Waals surface area contributed by atoms with Gasteiger partial charge in [0.25, 0.3) is 0 Å². The molecule has 0 aromatic heterocycles. The molecule has 2 atom stereocenters. The zero-order valence-corrected chi connectivity index (χ0v) is 13.4. The highest BCUT2D eigenvalue weighted by molar-refractivity contribution is 9.10. The van der Waals surface area contributed by atoms with E-state index in [1.54, 1.807) is 7.11 Å². The third kappa shape index (κ3) is 2.87. The average molecular weight is 340 g/mol. The first kappa shape index (κ1) is 15.0. The number of ether oxygens (including phenoxy) is 1. The Labute approximate surface area is 127 Å². The van der Waals surface area contributed by atoms with Crippen LogP contribution in [0.1, 0.15) is 31.7 Å². The van der Waals surface area contributed by atoms with Gasteiger partial charge in [0.1, 0.15) is 5.75 Å². The number of hydrogen-bond acceptors (Lipinski definition) is 3. The fraction of sp³-hybridized carbons (Fsp3) is 0.467. The van der Waals surface area contributed by atoms with E-state index in [1.807, 2.05) is 32.0 Å². The van der Waals surface area contributed by atoms with Crippen molar-refractivity contribution in [1.82, 2.24) is 5.32 Å². The lowest BCUT2D eigenvalue weighted by atomic mass is 9.74. The summed E-state index contributed by atoms with van der Waals surface area (Å²) < 4.78 is 6.30. The molecule has 1 heterocycles. The standard InChI is InChI=1S/C15H18BrNO3/c1-8(2)14-11(7-13(18)17-15(14)19)10-6-9(16)4-5-12(10)20-3/h4-6,8,11,14H,7H2,1-3H3,(H,17,18,19). The summed E-state index contributed by atoms with van der Waals surface area (Å²) in [7, 11) is 1.60. The van der Waals surface area contributed by atoms with Gasteiger partial charge in [-0.1, -0.05) is 29.8 Å². The number of hydrogen-bond donors (Lipinski definition) is 1. The summed E-state index contributed by atoms with van der Waals surface area (Å²) in [6.07, 6.45) is 0.307. The van der Waals surface area contributed by atoms with Gasteiger partial charge in [0, 0.05) is 22.7 Å². The Hall–Kier alpha value is -1.36. The molecule has 1 aliphatic heterocycles. The lowest BCUT2D eigenvalue weighted by molar-refractivity contribution is -0.138. The highest BCUT2D eigenvalue weighted by atomic mass is 79.9. The molecule has 1 aromatic carbocycles. The number of halogens is 1. The van der Waals surface area contributed by atoms with Gasteiger partial charge in [-0.25, -0.2) is 0 Å². The lowest BCUT2D eigenvalue weighted by Gasteiger charge is -2.33. The minimum Gasteiger partial charge on any atom is -0.496 e. The summed E-state index contributed by atoms with van der Waals surface area (Å²) in [6, 6.07) is 5.68. The van der Waals surface area contributed by atoms with Crippen LogP contribution in [0.5, 0.6) is 5.75 Å². The molecule has 1 fully saturated rings. The largest absolute Gasteiger partial charge is 0.496 e. The molecule has 1 N–H and O–H groups in total. The normalized spacial score (nSPS) is 22.9. The van der Waals surface area contributed by atoms with E-state index in [1.165, 1.54) is 0 Å². The molecule has 1 aliphatic rings. The quantitative estimate of drug-likeness (QED) is 0.861. The molecule has 0 aliphatic carbocycles. The van der Waals surface area contributed by atoms with Crippen molar-refractivity contribution in [3.63, 3.8) is 0 Å². The van der Waals surface area contributed by atoms with E-state index in [9.17, 15) is 9.59 Å². The summed E-state index contributed by atoms with van der Waals surface area (Å²) >= 11 is 3.44. The number of imide groups is 1. The zero-order valence-electron chi connectivity index (χ0n) is 11.8. The number of piperidine rings is 1. The van der Waals surface area contributed by atoms with Gasteiger partial charge in [0.2, 0.25) is 11.8 Å². The number of nitrogens with one attached hydrogen (secondary N) is 1.